The summed E-state index contributed by atoms with van der Waals surface area (Å²) in [6.07, 6.45) is 3.44. The Morgan fingerprint density at radius 1 is 1.40 bits per heavy atom. The maximum atomic E-state index is 11.9. The molecule has 0 spiro atoms. The zero-order valence-corrected chi connectivity index (χ0v) is 9.89. The summed E-state index contributed by atoms with van der Waals surface area (Å²) in [5, 5.41) is 12.0. The molecule has 0 radical (unpaired) electrons. The summed E-state index contributed by atoms with van der Waals surface area (Å²) in [6, 6.07) is 2.20. The van der Waals surface area contributed by atoms with Gasteiger partial charge in [-0.3, -0.25) is 4.79 Å². The van der Waals surface area contributed by atoms with E-state index in [1.807, 2.05) is 0 Å². The molecule has 3 nitrogen and oxygen atoms in total. The molecular formula is C12H20N2O. The Kier molecular flexibility index (Phi) is 3.38. The van der Waals surface area contributed by atoms with Crippen molar-refractivity contribution in [2.45, 2.75) is 46.5 Å². The third-order valence-corrected chi connectivity index (χ3v) is 2.89. The Balaban J connectivity index is 2.56. The highest BCUT2D eigenvalue weighted by atomic mass is 16.2. The van der Waals surface area contributed by atoms with Crippen molar-refractivity contribution in [1.29, 1.82) is 5.26 Å². The predicted molar refractivity (Wildman–Crippen MR) is 59.0 cm³/mol. The Bertz CT molecular complexity index is 277. The lowest BCUT2D eigenvalue weighted by Gasteiger charge is -2.24. The third kappa shape index (κ3) is 2.95. The van der Waals surface area contributed by atoms with Gasteiger partial charge in [0.25, 0.3) is 0 Å². The molecule has 3 heteroatoms. The second-order valence-corrected chi connectivity index (χ2v) is 5.64. The quantitative estimate of drug-likeness (QED) is 0.756. The maximum absolute atomic E-state index is 11.9. The summed E-state index contributed by atoms with van der Waals surface area (Å²) in [5.41, 5.74) is -0.657. The average molecular weight is 208 g/mol. The van der Waals surface area contributed by atoms with Gasteiger partial charge in [-0.25, -0.2) is 0 Å². The van der Waals surface area contributed by atoms with Crippen LogP contribution in [-0.2, 0) is 4.79 Å². The molecule has 0 aliphatic heterocycles. The highest BCUT2D eigenvalue weighted by Gasteiger charge is 2.41. The first-order valence-corrected chi connectivity index (χ1v) is 5.59. The summed E-state index contributed by atoms with van der Waals surface area (Å²) in [6.45, 7) is 6.85. The van der Waals surface area contributed by atoms with Gasteiger partial charge in [-0.2, -0.15) is 5.26 Å². The molecule has 0 aromatic heterocycles. The van der Waals surface area contributed by atoms with Crippen LogP contribution in [0.15, 0.2) is 0 Å². The SMILES string of the molecule is CC(C)(C)CNC(=O)C1(C#N)CCCC1. The summed E-state index contributed by atoms with van der Waals surface area (Å²) in [5.74, 6) is -0.0718. The number of rotatable bonds is 2. The minimum absolute atomic E-state index is 0.0718. The van der Waals surface area contributed by atoms with E-state index in [4.69, 9.17) is 5.26 Å². The molecule has 0 atom stereocenters. The van der Waals surface area contributed by atoms with E-state index in [2.05, 4.69) is 32.2 Å². The van der Waals surface area contributed by atoms with E-state index in [-0.39, 0.29) is 11.3 Å². The van der Waals surface area contributed by atoms with Gasteiger partial charge in [-0.15, -0.1) is 0 Å². The number of hydrogen-bond donors (Lipinski definition) is 1. The molecule has 0 aromatic carbocycles. The molecule has 1 rings (SSSR count). The summed E-state index contributed by atoms with van der Waals surface area (Å²) in [4.78, 5) is 11.9. The summed E-state index contributed by atoms with van der Waals surface area (Å²) in [7, 11) is 0. The lowest BCUT2D eigenvalue weighted by atomic mass is 9.86. The normalized spacial score (nSPS) is 19.6. The van der Waals surface area contributed by atoms with Gasteiger partial charge in [0.2, 0.25) is 5.91 Å². The van der Waals surface area contributed by atoms with Crippen LogP contribution in [-0.4, -0.2) is 12.5 Å². The maximum Gasteiger partial charge on any atom is 0.240 e. The molecule has 1 saturated carbocycles. The first kappa shape index (κ1) is 12.0. The molecule has 1 N–H and O–H groups in total. The molecule has 0 saturated heterocycles. The number of nitrogens with one attached hydrogen (secondary N) is 1. The minimum atomic E-state index is -0.731. The summed E-state index contributed by atoms with van der Waals surface area (Å²) >= 11 is 0. The first-order chi connectivity index (χ1) is 6.90. The zero-order chi connectivity index (χ0) is 11.5. The fraction of sp³-hybridized carbons (Fsp3) is 0.833. The van der Waals surface area contributed by atoms with E-state index in [0.29, 0.717) is 6.54 Å². The van der Waals surface area contributed by atoms with Gasteiger partial charge >= 0.3 is 0 Å². The van der Waals surface area contributed by atoms with Crippen molar-refractivity contribution in [3.8, 4) is 6.07 Å². The van der Waals surface area contributed by atoms with Crippen molar-refractivity contribution in [3.63, 3.8) is 0 Å². The van der Waals surface area contributed by atoms with Crippen LogP contribution in [0, 0.1) is 22.2 Å². The molecule has 1 aliphatic rings. The van der Waals surface area contributed by atoms with Crippen molar-refractivity contribution < 1.29 is 4.79 Å². The van der Waals surface area contributed by atoms with Gasteiger partial charge < -0.3 is 5.32 Å². The average Bonchev–Trinajstić information content (AvgIpc) is 2.62. The van der Waals surface area contributed by atoms with Gasteiger partial charge in [-0.05, 0) is 18.3 Å². The number of nitrogens with zero attached hydrogens (tertiary/aromatic N) is 1. The van der Waals surface area contributed by atoms with E-state index in [9.17, 15) is 4.79 Å². The highest BCUT2D eigenvalue weighted by Crippen LogP contribution is 2.37. The monoisotopic (exact) mass is 208 g/mol. The second-order valence-electron chi connectivity index (χ2n) is 5.64. The summed E-state index contributed by atoms with van der Waals surface area (Å²) < 4.78 is 0. The number of carbonyl (C=O) groups is 1. The van der Waals surface area contributed by atoms with E-state index in [1.165, 1.54) is 0 Å². The largest absolute Gasteiger partial charge is 0.354 e. The molecule has 0 heterocycles. The van der Waals surface area contributed by atoms with E-state index >= 15 is 0 Å². The van der Waals surface area contributed by atoms with Gasteiger partial charge in [0, 0.05) is 6.54 Å². The van der Waals surface area contributed by atoms with Crippen LogP contribution < -0.4 is 5.32 Å². The molecule has 1 amide bonds. The second kappa shape index (κ2) is 4.22. The van der Waals surface area contributed by atoms with Crippen LogP contribution in [0.25, 0.3) is 0 Å². The molecule has 1 fully saturated rings. The Hall–Kier alpha value is -1.04. The van der Waals surface area contributed by atoms with Crippen LogP contribution in [0.2, 0.25) is 0 Å². The van der Waals surface area contributed by atoms with Gasteiger partial charge in [0.05, 0.1) is 6.07 Å². The lowest BCUT2D eigenvalue weighted by Crippen LogP contribution is -2.41. The predicted octanol–water partition coefficient (Wildman–Crippen LogP) is 2.23. The molecule has 15 heavy (non-hydrogen) atoms. The topological polar surface area (TPSA) is 52.9 Å². The van der Waals surface area contributed by atoms with Gasteiger partial charge in [0.15, 0.2) is 0 Å². The molecule has 84 valence electrons. The zero-order valence-electron chi connectivity index (χ0n) is 9.89. The fourth-order valence-corrected chi connectivity index (χ4v) is 1.88. The van der Waals surface area contributed by atoms with Crippen LogP contribution in [0.4, 0.5) is 0 Å². The van der Waals surface area contributed by atoms with E-state index in [0.717, 1.165) is 25.7 Å². The van der Waals surface area contributed by atoms with E-state index < -0.39 is 5.41 Å². The van der Waals surface area contributed by atoms with Gasteiger partial charge in [0.1, 0.15) is 5.41 Å². The smallest absolute Gasteiger partial charge is 0.240 e. The highest BCUT2D eigenvalue weighted by molar-refractivity contribution is 5.85. The van der Waals surface area contributed by atoms with E-state index in [1.54, 1.807) is 0 Å². The number of hydrogen-bond acceptors (Lipinski definition) is 2. The van der Waals surface area contributed by atoms with Crippen LogP contribution in [0.3, 0.4) is 0 Å². The standard InChI is InChI=1S/C12H20N2O/c1-11(2,3)9-14-10(15)12(8-13)6-4-5-7-12/h4-7,9H2,1-3H3,(H,14,15). The van der Waals surface area contributed by atoms with Crippen LogP contribution in [0.1, 0.15) is 46.5 Å². The third-order valence-electron chi connectivity index (χ3n) is 2.89. The van der Waals surface area contributed by atoms with Crippen LogP contribution >= 0.6 is 0 Å². The number of carbonyl (C=O) groups excluding carboxylic acids is 1. The molecule has 0 aromatic rings. The van der Waals surface area contributed by atoms with Crippen molar-refractivity contribution in [2.75, 3.05) is 6.54 Å². The van der Waals surface area contributed by atoms with Crippen molar-refractivity contribution in [3.05, 3.63) is 0 Å². The number of nitriles is 1. The van der Waals surface area contributed by atoms with Crippen LogP contribution in [0.5, 0.6) is 0 Å². The van der Waals surface area contributed by atoms with Gasteiger partial charge in [-0.1, -0.05) is 33.6 Å². The van der Waals surface area contributed by atoms with Crippen molar-refractivity contribution in [1.82, 2.24) is 5.32 Å². The molecule has 0 unspecified atom stereocenters. The molecular weight excluding hydrogens is 188 g/mol. The number of amides is 1. The molecule has 0 bridgehead atoms. The van der Waals surface area contributed by atoms with Crippen molar-refractivity contribution >= 4 is 5.91 Å². The Labute approximate surface area is 91.9 Å². The Morgan fingerprint density at radius 3 is 2.33 bits per heavy atom. The Morgan fingerprint density at radius 2 is 1.93 bits per heavy atom. The van der Waals surface area contributed by atoms with Crippen molar-refractivity contribution in [2.24, 2.45) is 10.8 Å². The molecule has 1 aliphatic carbocycles. The first-order valence-electron chi connectivity index (χ1n) is 5.59. The lowest BCUT2D eigenvalue weighted by molar-refractivity contribution is -0.128. The minimum Gasteiger partial charge on any atom is -0.354 e. The fourth-order valence-electron chi connectivity index (χ4n) is 1.88.